The smallest absolute Gasteiger partial charge is 0.236 e. The average molecular weight is 335 g/mol. The Balaban J connectivity index is 2.05. The minimum absolute atomic E-state index is 0.157. The van der Waals surface area contributed by atoms with Gasteiger partial charge in [-0.05, 0) is 36.6 Å². The van der Waals surface area contributed by atoms with Gasteiger partial charge in [0.1, 0.15) is 5.82 Å². The van der Waals surface area contributed by atoms with E-state index in [4.69, 9.17) is 0 Å². The van der Waals surface area contributed by atoms with E-state index in [9.17, 15) is 9.18 Å². The van der Waals surface area contributed by atoms with Crippen molar-refractivity contribution in [2.24, 2.45) is 5.92 Å². The maximum atomic E-state index is 13.1. The fraction of sp³-hybridized carbons (Fsp3) is 0.632. The van der Waals surface area contributed by atoms with Crippen LogP contribution in [-0.2, 0) is 11.3 Å². The van der Waals surface area contributed by atoms with E-state index in [1.807, 2.05) is 12.1 Å². The first-order valence-electron chi connectivity index (χ1n) is 8.78. The third-order valence-corrected chi connectivity index (χ3v) is 4.76. The second-order valence-corrected chi connectivity index (χ2v) is 7.29. The molecule has 0 spiro atoms. The summed E-state index contributed by atoms with van der Waals surface area (Å²) in [6.07, 6.45) is 1.05. The topological polar surface area (TPSA) is 26.8 Å². The van der Waals surface area contributed by atoms with Gasteiger partial charge in [0, 0.05) is 39.8 Å². The highest BCUT2D eigenvalue weighted by Crippen LogP contribution is 2.20. The van der Waals surface area contributed by atoms with Gasteiger partial charge in [0.05, 0.1) is 6.54 Å². The Morgan fingerprint density at radius 1 is 1.25 bits per heavy atom. The molecule has 1 aromatic carbocycles. The minimum atomic E-state index is -0.191. The summed E-state index contributed by atoms with van der Waals surface area (Å²) in [6, 6.07) is 7.18. The van der Waals surface area contributed by atoms with Crippen molar-refractivity contribution in [3.05, 3.63) is 35.6 Å². The summed E-state index contributed by atoms with van der Waals surface area (Å²) in [7, 11) is 3.61. The first kappa shape index (κ1) is 18.9. The van der Waals surface area contributed by atoms with Crippen molar-refractivity contribution in [2.75, 3.05) is 40.3 Å². The van der Waals surface area contributed by atoms with Gasteiger partial charge in [-0.25, -0.2) is 4.39 Å². The van der Waals surface area contributed by atoms with Crippen LogP contribution in [0.25, 0.3) is 0 Å². The molecule has 0 saturated carbocycles. The molecule has 1 aliphatic heterocycles. The number of halogens is 1. The van der Waals surface area contributed by atoms with Gasteiger partial charge >= 0.3 is 0 Å². The van der Waals surface area contributed by atoms with Gasteiger partial charge in [-0.2, -0.15) is 0 Å². The molecule has 0 aliphatic carbocycles. The lowest BCUT2D eigenvalue weighted by atomic mass is 10.0. The SMILES string of the molecule is CC(C)[C@H]1CN(CC(=O)N(C)C)CCCN1Cc1ccc(F)cc1. The van der Waals surface area contributed by atoms with Crippen molar-refractivity contribution in [3.8, 4) is 0 Å². The van der Waals surface area contributed by atoms with Crippen molar-refractivity contribution in [3.63, 3.8) is 0 Å². The van der Waals surface area contributed by atoms with Crippen LogP contribution in [0.2, 0.25) is 0 Å². The summed E-state index contributed by atoms with van der Waals surface area (Å²) < 4.78 is 13.1. The lowest BCUT2D eigenvalue weighted by Gasteiger charge is -2.34. The zero-order valence-electron chi connectivity index (χ0n) is 15.3. The number of rotatable bonds is 5. The second kappa shape index (κ2) is 8.58. The third-order valence-electron chi connectivity index (χ3n) is 4.76. The predicted molar refractivity (Wildman–Crippen MR) is 95.2 cm³/mol. The standard InChI is InChI=1S/C19H30FN3O/c1-15(2)18-13-22(14-19(24)21(3)4)10-5-11-23(18)12-16-6-8-17(20)9-7-16/h6-9,15,18H,5,10-14H2,1-4H3/t18-/m1/s1. The Hall–Kier alpha value is -1.46. The molecule has 1 aliphatic rings. The third kappa shape index (κ3) is 5.28. The molecule has 24 heavy (non-hydrogen) atoms. The van der Waals surface area contributed by atoms with Crippen LogP contribution in [0.1, 0.15) is 25.8 Å². The van der Waals surface area contributed by atoms with Crippen LogP contribution in [0, 0.1) is 11.7 Å². The molecule has 0 N–H and O–H groups in total. The summed E-state index contributed by atoms with van der Waals surface area (Å²) in [4.78, 5) is 18.5. The zero-order valence-corrected chi connectivity index (χ0v) is 15.3. The molecule has 1 heterocycles. The minimum Gasteiger partial charge on any atom is -0.348 e. The molecule has 5 heteroatoms. The predicted octanol–water partition coefficient (Wildman–Crippen LogP) is 2.45. The van der Waals surface area contributed by atoms with Gasteiger partial charge in [-0.1, -0.05) is 26.0 Å². The monoisotopic (exact) mass is 335 g/mol. The molecule has 2 rings (SSSR count). The average Bonchev–Trinajstić information content (AvgIpc) is 2.72. The fourth-order valence-corrected chi connectivity index (χ4v) is 3.26. The van der Waals surface area contributed by atoms with E-state index in [0.717, 1.165) is 38.2 Å². The second-order valence-electron chi connectivity index (χ2n) is 7.29. The van der Waals surface area contributed by atoms with E-state index >= 15 is 0 Å². The number of hydrogen-bond acceptors (Lipinski definition) is 3. The van der Waals surface area contributed by atoms with Gasteiger partial charge < -0.3 is 4.90 Å². The van der Waals surface area contributed by atoms with Crippen LogP contribution in [0.5, 0.6) is 0 Å². The Morgan fingerprint density at radius 2 is 1.92 bits per heavy atom. The van der Waals surface area contributed by atoms with Crippen molar-refractivity contribution in [1.29, 1.82) is 0 Å². The molecule has 1 fully saturated rings. The van der Waals surface area contributed by atoms with E-state index in [1.165, 1.54) is 12.1 Å². The van der Waals surface area contributed by atoms with E-state index in [-0.39, 0.29) is 11.7 Å². The largest absolute Gasteiger partial charge is 0.348 e. The molecular weight excluding hydrogens is 305 g/mol. The summed E-state index contributed by atoms with van der Waals surface area (Å²) in [5, 5.41) is 0. The lowest BCUT2D eigenvalue weighted by Crippen LogP contribution is -2.46. The molecule has 0 unspecified atom stereocenters. The number of carbonyl (C=O) groups is 1. The molecule has 1 saturated heterocycles. The van der Waals surface area contributed by atoms with E-state index in [0.29, 0.717) is 18.5 Å². The molecule has 1 amide bonds. The quantitative estimate of drug-likeness (QED) is 0.827. The van der Waals surface area contributed by atoms with Crippen LogP contribution >= 0.6 is 0 Å². The normalized spacial score (nSPS) is 20.2. The first-order valence-corrected chi connectivity index (χ1v) is 8.78. The van der Waals surface area contributed by atoms with Crippen molar-refractivity contribution in [2.45, 2.75) is 32.9 Å². The molecule has 4 nitrogen and oxygen atoms in total. The Bertz CT molecular complexity index is 530. The zero-order chi connectivity index (χ0) is 17.7. The molecule has 0 aromatic heterocycles. The van der Waals surface area contributed by atoms with Crippen molar-refractivity contribution >= 4 is 5.91 Å². The summed E-state index contributed by atoms with van der Waals surface area (Å²) in [5.74, 6) is 0.466. The van der Waals surface area contributed by atoms with Crippen LogP contribution in [-0.4, -0.2) is 66.9 Å². The summed E-state index contributed by atoms with van der Waals surface area (Å²) in [6.45, 7) is 8.65. The van der Waals surface area contributed by atoms with Gasteiger partial charge in [-0.15, -0.1) is 0 Å². The van der Waals surface area contributed by atoms with Crippen molar-refractivity contribution in [1.82, 2.24) is 14.7 Å². The van der Waals surface area contributed by atoms with Crippen LogP contribution in [0.3, 0.4) is 0 Å². The van der Waals surface area contributed by atoms with Crippen molar-refractivity contribution < 1.29 is 9.18 Å². The van der Waals surface area contributed by atoms with E-state index in [2.05, 4.69) is 23.6 Å². The molecule has 134 valence electrons. The summed E-state index contributed by atoms with van der Waals surface area (Å²) in [5.41, 5.74) is 1.14. The Morgan fingerprint density at radius 3 is 2.50 bits per heavy atom. The highest BCUT2D eigenvalue weighted by molar-refractivity contribution is 5.77. The maximum absolute atomic E-state index is 13.1. The fourth-order valence-electron chi connectivity index (χ4n) is 3.26. The van der Waals surface area contributed by atoms with Crippen LogP contribution in [0.4, 0.5) is 4.39 Å². The molecule has 1 atom stereocenters. The molecule has 0 radical (unpaired) electrons. The molecule has 0 bridgehead atoms. The van der Waals surface area contributed by atoms with Crippen LogP contribution in [0.15, 0.2) is 24.3 Å². The number of carbonyl (C=O) groups excluding carboxylic acids is 1. The van der Waals surface area contributed by atoms with Gasteiger partial charge in [0.25, 0.3) is 0 Å². The van der Waals surface area contributed by atoms with Gasteiger partial charge in [-0.3, -0.25) is 14.6 Å². The number of nitrogens with zero attached hydrogens (tertiary/aromatic N) is 3. The summed E-state index contributed by atoms with van der Waals surface area (Å²) >= 11 is 0. The Kier molecular flexibility index (Phi) is 6.75. The van der Waals surface area contributed by atoms with Crippen LogP contribution < -0.4 is 0 Å². The van der Waals surface area contributed by atoms with E-state index < -0.39 is 0 Å². The van der Waals surface area contributed by atoms with Gasteiger partial charge in [0.15, 0.2) is 0 Å². The molecular formula is C19H30FN3O. The number of amides is 1. The highest BCUT2D eigenvalue weighted by atomic mass is 19.1. The van der Waals surface area contributed by atoms with E-state index in [1.54, 1.807) is 19.0 Å². The first-order chi connectivity index (χ1) is 11.4. The highest BCUT2D eigenvalue weighted by Gasteiger charge is 2.28. The lowest BCUT2D eigenvalue weighted by molar-refractivity contribution is -0.130. The Labute approximate surface area is 145 Å². The number of likely N-dealkylation sites (N-methyl/N-ethyl adjacent to an activating group) is 1. The van der Waals surface area contributed by atoms with Gasteiger partial charge in [0.2, 0.25) is 5.91 Å². The number of benzene rings is 1. The molecule has 1 aromatic rings. The maximum Gasteiger partial charge on any atom is 0.236 e. The number of hydrogen-bond donors (Lipinski definition) is 0.